The molecule has 1 aliphatic rings. The lowest BCUT2D eigenvalue weighted by molar-refractivity contribution is 0.0525. The Balaban J connectivity index is 1.68. The first-order valence-electron chi connectivity index (χ1n) is 7.42. The van der Waals surface area contributed by atoms with Crippen LogP contribution in [0.1, 0.15) is 34.7 Å². The summed E-state index contributed by atoms with van der Waals surface area (Å²) in [5, 5.41) is 0. The Morgan fingerprint density at radius 2 is 2.27 bits per heavy atom. The van der Waals surface area contributed by atoms with Crippen LogP contribution in [0.3, 0.4) is 0 Å². The van der Waals surface area contributed by atoms with Gasteiger partial charge in [0.25, 0.3) is 5.91 Å². The van der Waals surface area contributed by atoms with Crippen molar-refractivity contribution < 1.29 is 13.9 Å². The van der Waals surface area contributed by atoms with Crippen LogP contribution in [0.4, 0.5) is 0 Å². The van der Waals surface area contributed by atoms with Crippen LogP contribution < -0.4 is 4.74 Å². The third kappa shape index (κ3) is 3.10. The molecule has 3 rings (SSSR count). The number of likely N-dealkylation sites (tertiary alicyclic amines) is 1. The topological polar surface area (TPSA) is 68.5 Å². The quantitative estimate of drug-likeness (QED) is 0.870. The third-order valence-corrected chi connectivity index (χ3v) is 3.76. The minimum Gasteiger partial charge on any atom is -0.471 e. The number of aryl methyl sites for hydroxylation is 2. The zero-order valence-corrected chi connectivity index (χ0v) is 12.8. The minimum absolute atomic E-state index is 0.00166. The molecule has 6 heteroatoms. The fraction of sp³-hybridized carbons (Fsp3) is 0.438. The number of nitrogens with zero attached hydrogens (tertiary/aromatic N) is 3. The number of hydrogen-bond donors (Lipinski definition) is 0. The van der Waals surface area contributed by atoms with E-state index in [2.05, 4.69) is 9.97 Å². The van der Waals surface area contributed by atoms with Crippen LogP contribution in [0.5, 0.6) is 5.88 Å². The highest BCUT2D eigenvalue weighted by Gasteiger charge is 2.27. The number of carbonyl (C=O) groups is 1. The van der Waals surface area contributed by atoms with Crippen molar-refractivity contribution in [2.75, 3.05) is 13.1 Å². The summed E-state index contributed by atoms with van der Waals surface area (Å²) in [5.74, 6) is 1.92. The molecular weight excluding hydrogens is 282 g/mol. The summed E-state index contributed by atoms with van der Waals surface area (Å²) in [7, 11) is 0. The van der Waals surface area contributed by atoms with E-state index in [9.17, 15) is 4.79 Å². The van der Waals surface area contributed by atoms with Gasteiger partial charge in [-0.1, -0.05) is 0 Å². The van der Waals surface area contributed by atoms with Crippen molar-refractivity contribution in [3.63, 3.8) is 0 Å². The molecule has 22 heavy (non-hydrogen) atoms. The molecule has 1 aliphatic heterocycles. The van der Waals surface area contributed by atoms with E-state index in [1.807, 2.05) is 18.7 Å². The monoisotopic (exact) mass is 301 g/mol. The first kappa shape index (κ1) is 14.6. The van der Waals surface area contributed by atoms with E-state index in [1.165, 1.54) is 0 Å². The summed E-state index contributed by atoms with van der Waals surface area (Å²) < 4.78 is 11.3. The lowest BCUT2D eigenvalue weighted by Crippen LogP contribution is -2.44. The molecule has 0 aliphatic carbocycles. The molecule has 2 aromatic rings. The number of carbonyl (C=O) groups excluding carboxylic acids is 1. The first-order chi connectivity index (χ1) is 10.6. The Bertz CT molecular complexity index is 654. The van der Waals surface area contributed by atoms with Crippen LogP contribution in [0, 0.1) is 13.8 Å². The van der Waals surface area contributed by atoms with Crippen LogP contribution in [0.15, 0.2) is 29.1 Å². The Morgan fingerprint density at radius 1 is 1.41 bits per heavy atom. The summed E-state index contributed by atoms with van der Waals surface area (Å²) in [6.07, 6.45) is 6.55. The largest absolute Gasteiger partial charge is 0.471 e. The van der Waals surface area contributed by atoms with E-state index >= 15 is 0 Å². The summed E-state index contributed by atoms with van der Waals surface area (Å²) in [5.41, 5.74) is 0.637. The third-order valence-electron chi connectivity index (χ3n) is 3.76. The molecule has 2 aromatic heterocycles. The van der Waals surface area contributed by atoms with E-state index in [-0.39, 0.29) is 12.0 Å². The standard InChI is InChI=1S/C16H19N3O3/c1-11-8-14(12(2)21-11)16(20)19-7-3-4-13(10-19)22-15-9-17-5-6-18-15/h5-6,8-9,13H,3-4,7,10H2,1-2H3. The highest BCUT2D eigenvalue weighted by Crippen LogP contribution is 2.21. The smallest absolute Gasteiger partial charge is 0.257 e. The lowest BCUT2D eigenvalue weighted by Gasteiger charge is -2.32. The molecule has 0 aromatic carbocycles. The number of amides is 1. The second-order valence-electron chi connectivity index (χ2n) is 5.50. The van der Waals surface area contributed by atoms with Crippen molar-refractivity contribution in [3.05, 3.63) is 41.7 Å². The van der Waals surface area contributed by atoms with E-state index in [1.54, 1.807) is 24.7 Å². The Kier molecular flexibility index (Phi) is 4.09. The van der Waals surface area contributed by atoms with Gasteiger partial charge in [-0.3, -0.25) is 9.78 Å². The van der Waals surface area contributed by atoms with Crippen molar-refractivity contribution in [3.8, 4) is 5.88 Å². The predicted molar refractivity (Wildman–Crippen MR) is 79.8 cm³/mol. The maximum absolute atomic E-state index is 12.6. The molecule has 1 saturated heterocycles. The molecule has 3 heterocycles. The summed E-state index contributed by atoms with van der Waals surface area (Å²) in [4.78, 5) is 22.5. The molecule has 0 saturated carbocycles. The van der Waals surface area contributed by atoms with Crippen molar-refractivity contribution in [1.82, 2.24) is 14.9 Å². The highest BCUT2D eigenvalue weighted by atomic mass is 16.5. The molecule has 6 nitrogen and oxygen atoms in total. The van der Waals surface area contributed by atoms with Crippen molar-refractivity contribution >= 4 is 5.91 Å². The summed E-state index contributed by atoms with van der Waals surface area (Å²) in [6, 6.07) is 1.80. The van der Waals surface area contributed by atoms with Crippen LogP contribution >= 0.6 is 0 Å². The lowest BCUT2D eigenvalue weighted by atomic mass is 10.1. The molecule has 1 fully saturated rings. The van der Waals surface area contributed by atoms with Gasteiger partial charge >= 0.3 is 0 Å². The van der Waals surface area contributed by atoms with Gasteiger partial charge in [0.05, 0.1) is 18.3 Å². The molecule has 0 bridgehead atoms. The van der Waals surface area contributed by atoms with Crippen molar-refractivity contribution in [1.29, 1.82) is 0 Å². The molecule has 0 radical (unpaired) electrons. The molecule has 0 N–H and O–H groups in total. The van der Waals surface area contributed by atoms with Gasteiger partial charge in [0, 0.05) is 18.9 Å². The maximum Gasteiger partial charge on any atom is 0.257 e. The second kappa shape index (κ2) is 6.17. The molecule has 1 unspecified atom stereocenters. The van der Waals surface area contributed by atoms with E-state index in [0.717, 1.165) is 25.1 Å². The van der Waals surface area contributed by atoms with Crippen LogP contribution in [0.25, 0.3) is 0 Å². The van der Waals surface area contributed by atoms with Gasteiger partial charge in [-0.15, -0.1) is 0 Å². The number of aromatic nitrogens is 2. The van der Waals surface area contributed by atoms with Crippen LogP contribution in [-0.2, 0) is 0 Å². The number of ether oxygens (including phenoxy) is 1. The Labute approximate surface area is 129 Å². The molecule has 1 atom stereocenters. The molecule has 116 valence electrons. The summed E-state index contributed by atoms with van der Waals surface area (Å²) in [6.45, 7) is 4.96. The highest BCUT2D eigenvalue weighted by molar-refractivity contribution is 5.95. The molecule has 0 spiro atoms. The zero-order chi connectivity index (χ0) is 15.5. The Hall–Kier alpha value is -2.37. The number of hydrogen-bond acceptors (Lipinski definition) is 5. The van der Waals surface area contributed by atoms with E-state index < -0.39 is 0 Å². The average Bonchev–Trinajstić information content (AvgIpc) is 2.86. The van der Waals surface area contributed by atoms with Gasteiger partial charge in [-0.05, 0) is 32.8 Å². The number of rotatable bonds is 3. The number of piperidine rings is 1. The first-order valence-corrected chi connectivity index (χ1v) is 7.42. The minimum atomic E-state index is -0.0531. The normalized spacial score (nSPS) is 18.3. The van der Waals surface area contributed by atoms with Gasteiger partial charge in [0.2, 0.25) is 5.88 Å². The molecular formula is C16H19N3O3. The maximum atomic E-state index is 12.6. The van der Waals surface area contributed by atoms with E-state index in [0.29, 0.717) is 23.7 Å². The Morgan fingerprint density at radius 3 is 2.95 bits per heavy atom. The fourth-order valence-electron chi connectivity index (χ4n) is 2.75. The van der Waals surface area contributed by atoms with Gasteiger partial charge in [-0.2, -0.15) is 0 Å². The number of furan rings is 1. The van der Waals surface area contributed by atoms with Gasteiger partial charge in [0.15, 0.2) is 0 Å². The SMILES string of the molecule is Cc1cc(C(=O)N2CCCC(Oc3cnccn3)C2)c(C)o1. The average molecular weight is 301 g/mol. The second-order valence-corrected chi connectivity index (χ2v) is 5.50. The van der Waals surface area contributed by atoms with Crippen molar-refractivity contribution in [2.45, 2.75) is 32.8 Å². The van der Waals surface area contributed by atoms with Gasteiger partial charge in [-0.25, -0.2) is 4.98 Å². The predicted octanol–water partition coefficient (Wildman–Crippen LogP) is 2.37. The van der Waals surface area contributed by atoms with E-state index in [4.69, 9.17) is 9.15 Å². The van der Waals surface area contributed by atoms with Crippen LogP contribution in [0.2, 0.25) is 0 Å². The van der Waals surface area contributed by atoms with Gasteiger partial charge < -0.3 is 14.1 Å². The van der Waals surface area contributed by atoms with Crippen LogP contribution in [-0.4, -0.2) is 40.0 Å². The van der Waals surface area contributed by atoms with Crippen molar-refractivity contribution in [2.24, 2.45) is 0 Å². The zero-order valence-electron chi connectivity index (χ0n) is 12.8. The summed E-state index contributed by atoms with van der Waals surface area (Å²) >= 11 is 0. The fourth-order valence-corrected chi connectivity index (χ4v) is 2.75. The molecule has 1 amide bonds. The van der Waals surface area contributed by atoms with Gasteiger partial charge in [0.1, 0.15) is 17.6 Å².